The second kappa shape index (κ2) is 5.91. The van der Waals surface area contributed by atoms with Gasteiger partial charge in [-0.1, -0.05) is 12.2 Å². The molecule has 0 aromatic heterocycles. The molecule has 0 aliphatic carbocycles. The molecule has 5 heteroatoms. The molecule has 0 bridgehead atoms. The van der Waals surface area contributed by atoms with Gasteiger partial charge in [0.2, 0.25) is 0 Å². The average Bonchev–Trinajstić information content (AvgIpc) is 2.07. The molecule has 0 fully saturated rings. The molecule has 0 radical (unpaired) electrons. The third-order valence-electron chi connectivity index (χ3n) is 2.51. The molecule has 0 amide bonds. The first-order chi connectivity index (χ1) is 7.44. The topological polar surface area (TPSA) is 83.6 Å². The molecule has 0 saturated heterocycles. The summed E-state index contributed by atoms with van der Waals surface area (Å²) in [5.74, 6) is 0.176. The van der Waals surface area contributed by atoms with Crippen molar-refractivity contribution in [1.29, 1.82) is 0 Å². The fourth-order valence-electron chi connectivity index (χ4n) is 1.07. The number of rotatable bonds is 5. The normalized spacial score (nSPS) is 17.2. The fourth-order valence-corrected chi connectivity index (χ4v) is 1.41. The zero-order valence-electron chi connectivity index (χ0n) is 11.2. The molecular weight excluding hydrogens is 238 g/mol. The Morgan fingerprint density at radius 1 is 1.24 bits per heavy atom. The van der Waals surface area contributed by atoms with E-state index in [2.05, 4.69) is 0 Å². The summed E-state index contributed by atoms with van der Waals surface area (Å²) < 4.78 is 10.9. The molecule has 4 nitrogen and oxygen atoms in total. The highest BCUT2D eigenvalue weighted by Crippen LogP contribution is 2.23. The fraction of sp³-hybridized carbons (Fsp3) is 0.667. The summed E-state index contributed by atoms with van der Waals surface area (Å²) in [6.45, 7) is 8.38. The second-order valence-corrected chi connectivity index (χ2v) is 6.25. The first-order valence-corrected chi connectivity index (χ1v) is 6.79. The van der Waals surface area contributed by atoms with Gasteiger partial charge < -0.3 is 10.2 Å². The van der Waals surface area contributed by atoms with Gasteiger partial charge in [0, 0.05) is 0 Å². The number of hydrogen-bond acceptors (Lipinski definition) is 3. The minimum absolute atomic E-state index is 0.176. The molecule has 0 heterocycles. The highest BCUT2D eigenvalue weighted by atomic mass is 32.2. The van der Waals surface area contributed by atoms with Crippen molar-refractivity contribution in [2.45, 2.75) is 45.8 Å². The Bertz CT molecular complexity index is 346. The highest BCUT2D eigenvalue weighted by molar-refractivity contribution is 7.82. The van der Waals surface area contributed by atoms with Crippen molar-refractivity contribution in [3.8, 4) is 0 Å². The van der Waals surface area contributed by atoms with Crippen molar-refractivity contribution in [3.63, 3.8) is 0 Å². The lowest BCUT2D eigenvalue weighted by Crippen LogP contribution is -2.25. The number of aliphatic hydroxyl groups is 2. The van der Waals surface area contributed by atoms with E-state index in [1.54, 1.807) is 46.8 Å². The van der Waals surface area contributed by atoms with E-state index < -0.39 is 22.2 Å². The Morgan fingerprint density at radius 2 is 1.71 bits per heavy atom. The Hall–Kier alpha value is -0.490. The molecule has 0 aliphatic rings. The summed E-state index contributed by atoms with van der Waals surface area (Å²) in [4.78, 5) is 0. The van der Waals surface area contributed by atoms with Crippen molar-refractivity contribution < 1.29 is 14.4 Å². The average molecular weight is 261 g/mol. The van der Waals surface area contributed by atoms with Gasteiger partial charge in [-0.3, -0.25) is 5.14 Å². The molecule has 100 valence electrons. The van der Waals surface area contributed by atoms with E-state index in [4.69, 9.17) is 5.14 Å². The van der Waals surface area contributed by atoms with Crippen LogP contribution in [0.4, 0.5) is 0 Å². The summed E-state index contributed by atoms with van der Waals surface area (Å²) in [7, 11) is -1.44. The van der Waals surface area contributed by atoms with Crippen LogP contribution in [0.2, 0.25) is 0 Å². The Morgan fingerprint density at radius 3 is 2.00 bits per heavy atom. The predicted octanol–water partition coefficient (Wildman–Crippen LogP) is 1.02. The minimum Gasteiger partial charge on any atom is -0.386 e. The maximum atomic E-state index is 10.9. The van der Waals surface area contributed by atoms with Crippen LogP contribution >= 0.6 is 0 Å². The lowest BCUT2D eigenvalue weighted by Gasteiger charge is -2.23. The monoisotopic (exact) mass is 261 g/mol. The van der Waals surface area contributed by atoms with Gasteiger partial charge >= 0.3 is 0 Å². The van der Waals surface area contributed by atoms with Gasteiger partial charge in [-0.15, -0.1) is 0 Å². The van der Waals surface area contributed by atoms with Gasteiger partial charge in [-0.25, -0.2) is 4.21 Å². The molecule has 17 heavy (non-hydrogen) atoms. The lowest BCUT2D eigenvalue weighted by atomic mass is 9.91. The second-order valence-electron chi connectivity index (χ2n) is 5.15. The minimum atomic E-state index is -1.44. The van der Waals surface area contributed by atoms with Crippen LogP contribution in [0.3, 0.4) is 0 Å². The van der Waals surface area contributed by atoms with E-state index in [0.29, 0.717) is 11.1 Å². The van der Waals surface area contributed by atoms with E-state index in [1.807, 2.05) is 0 Å². The van der Waals surface area contributed by atoms with Crippen molar-refractivity contribution in [2.75, 3.05) is 5.75 Å². The summed E-state index contributed by atoms with van der Waals surface area (Å²) >= 11 is 0. The lowest BCUT2D eigenvalue weighted by molar-refractivity contribution is 0.115. The van der Waals surface area contributed by atoms with Crippen LogP contribution in [0.25, 0.3) is 0 Å². The van der Waals surface area contributed by atoms with Gasteiger partial charge in [0.15, 0.2) is 0 Å². The molecule has 1 unspecified atom stereocenters. The Labute approximate surface area is 106 Å². The van der Waals surface area contributed by atoms with Gasteiger partial charge in [0.1, 0.15) is 0 Å². The van der Waals surface area contributed by atoms with E-state index in [0.717, 1.165) is 0 Å². The molecule has 0 aromatic rings. The maximum absolute atomic E-state index is 10.9. The van der Waals surface area contributed by atoms with Gasteiger partial charge in [0.05, 0.1) is 27.9 Å². The van der Waals surface area contributed by atoms with Crippen LogP contribution < -0.4 is 5.14 Å². The number of hydrogen-bond donors (Lipinski definition) is 3. The molecule has 0 saturated carbocycles. The zero-order valence-corrected chi connectivity index (χ0v) is 12.0. The standard InChI is InChI=1S/C12H23NO3S/c1-9(11(2,3)14)8-10(12(4,5)15)6-7-17(13)16/h6,8,14-15H,7,13H2,1-5H3/b9-8+,10-6+. The summed E-state index contributed by atoms with van der Waals surface area (Å²) in [5.41, 5.74) is -0.706. The summed E-state index contributed by atoms with van der Waals surface area (Å²) in [5, 5.41) is 25.0. The van der Waals surface area contributed by atoms with Crippen LogP contribution in [0.15, 0.2) is 23.3 Å². The first kappa shape index (κ1) is 16.5. The van der Waals surface area contributed by atoms with Crippen LogP contribution in [0, 0.1) is 0 Å². The Kier molecular flexibility index (Phi) is 5.74. The molecule has 0 aliphatic heterocycles. The number of nitrogens with two attached hydrogens (primary N) is 1. The third-order valence-corrected chi connectivity index (χ3v) is 3.01. The van der Waals surface area contributed by atoms with Crippen LogP contribution in [-0.2, 0) is 11.0 Å². The molecule has 4 N–H and O–H groups in total. The Balaban J connectivity index is 5.24. The quantitative estimate of drug-likeness (QED) is 0.646. The highest BCUT2D eigenvalue weighted by Gasteiger charge is 2.21. The van der Waals surface area contributed by atoms with Crippen LogP contribution in [0.5, 0.6) is 0 Å². The third kappa shape index (κ3) is 6.73. The summed E-state index contributed by atoms with van der Waals surface area (Å²) in [6.07, 6.45) is 3.33. The van der Waals surface area contributed by atoms with E-state index >= 15 is 0 Å². The molecule has 1 atom stereocenters. The SMILES string of the molecule is C/C(=C\C(=C/CS(N)=O)C(C)(C)O)C(C)(C)O. The maximum Gasteiger partial charge on any atom is 0.0927 e. The first-order valence-electron chi connectivity index (χ1n) is 5.41. The molecule has 0 rings (SSSR count). The van der Waals surface area contributed by atoms with Crippen LogP contribution in [0.1, 0.15) is 34.6 Å². The molecule has 0 spiro atoms. The van der Waals surface area contributed by atoms with Crippen molar-refractivity contribution >= 4 is 11.0 Å². The van der Waals surface area contributed by atoms with E-state index in [-0.39, 0.29) is 5.75 Å². The van der Waals surface area contributed by atoms with E-state index in [1.165, 1.54) is 0 Å². The molecular formula is C12H23NO3S. The predicted molar refractivity (Wildman–Crippen MR) is 71.6 cm³/mol. The van der Waals surface area contributed by atoms with Gasteiger partial charge in [-0.2, -0.15) is 0 Å². The van der Waals surface area contributed by atoms with Crippen molar-refractivity contribution in [2.24, 2.45) is 5.14 Å². The van der Waals surface area contributed by atoms with Gasteiger partial charge in [-0.05, 0) is 45.8 Å². The van der Waals surface area contributed by atoms with Crippen LogP contribution in [-0.4, -0.2) is 31.4 Å². The largest absolute Gasteiger partial charge is 0.386 e. The van der Waals surface area contributed by atoms with Crippen molar-refractivity contribution in [1.82, 2.24) is 0 Å². The molecule has 0 aromatic carbocycles. The smallest absolute Gasteiger partial charge is 0.0927 e. The van der Waals surface area contributed by atoms with Gasteiger partial charge in [0.25, 0.3) is 0 Å². The van der Waals surface area contributed by atoms with E-state index in [9.17, 15) is 14.4 Å². The zero-order chi connectivity index (χ0) is 13.9. The summed E-state index contributed by atoms with van der Waals surface area (Å²) in [6, 6.07) is 0. The van der Waals surface area contributed by atoms with Crippen molar-refractivity contribution in [3.05, 3.63) is 23.3 Å².